The van der Waals surface area contributed by atoms with E-state index < -0.39 is 10.0 Å². The molecule has 2 aromatic carbocycles. The van der Waals surface area contributed by atoms with Gasteiger partial charge in [0.25, 0.3) is 0 Å². The molecule has 2 aromatic rings. The number of benzene rings is 2. The quantitative estimate of drug-likeness (QED) is 0.552. The Hall–Kier alpha value is -2.58. The predicted molar refractivity (Wildman–Crippen MR) is 132 cm³/mol. The van der Waals surface area contributed by atoms with Crippen LogP contribution in [0.25, 0.3) is 0 Å². The zero-order valence-corrected chi connectivity index (χ0v) is 20.6. The van der Waals surface area contributed by atoms with E-state index in [1.54, 1.807) is 6.07 Å². The van der Waals surface area contributed by atoms with E-state index in [4.69, 9.17) is 9.47 Å². The molecule has 1 saturated carbocycles. The van der Waals surface area contributed by atoms with E-state index in [0.717, 1.165) is 43.4 Å². The number of carbonyl (C=O) groups is 1. The van der Waals surface area contributed by atoms with E-state index in [-0.39, 0.29) is 17.2 Å². The summed E-state index contributed by atoms with van der Waals surface area (Å²) in [4.78, 5) is 12.9. The fourth-order valence-electron chi connectivity index (χ4n) is 4.64. The van der Waals surface area contributed by atoms with Crippen molar-refractivity contribution in [1.82, 2.24) is 4.31 Å². The highest BCUT2D eigenvalue weighted by Crippen LogP contribution is 2.30. The first-order valence-corrected chi connectivity index (χ1v) is 13.6. The first kappa shape index (κ1) is 24.5. The second kappa shape index (κ2) is 11.2. The van der Waals surface area contributed by atoms with Gasteiger partial charge < -0.3 is 14.8 Å². The molecule has 1 N–H and O–H groups in total. The third kappa shape index (κ3) is 6.10. The third-order valence-corrected chi connectivity index (χ3v) is 8.44. The Morgan fingerprint density at radius 2 is 1.79 bits per heavy atom. The normalized spacial score (nSPS) is 17.4. The summed E-state index contributed by atoms with van der Waals surface area (Å²) in [7, 11) is -2.10. The van der Waals surface area contributed by atoms with Gasteiger partial charge in [0.05, 0.1) is 23.8 Å². The van der Waals surface area contributed by atoms with Gasteiger partial charge in [-0.05, 0) is 80.8 Å². The molecular formula is C26H34N2O5S. The number of piperidine rings is 1. The highest BCUT2D eigenvalue weighted by molar-refractivity contribution is 7.89. The van der Waals surface area contributed by atoms with Crippen molar-refractivity contribution in [1.29, 1.82) is 0 Å². The van der Waals surface area contributed by atoms with Crippen LogP contribution in [0.1, 0.15) is 56.9 Å². The lowest BCUT2D eigenvalue weighted by atomic mass is 10.1. The van der Waals surface area contributed by atoms with Crippen molar-refractivity contribution in [2.75, 3.05) is 25.5 Å². The molecule has 4 rings (SSSR count). The van der Waals surface area contributed by atoms with Gasteiger partial charge in [-0.1, -0.05) is 18.6 Å². The van der Waals surface area contributed by atoms with Gasteiger partial charge in [-0.25, -0.2) is 8.42 Å². The number of methoxy groups -OCH3 is 1. The summed E-state index contributed by atoms with van der Waals surface area (Å²) in [6.45, 7) is 1.05. The monoisotopic (exact) mass is 486 g/mol. The molecule has 2 fully saturated rings. The minimum Gasteiger partial charge on any atom is -0.495 e. The van der Waals surface area contributed by atoms with Crippen molar-refractivity contribution in [2.45, 2.75) is 68.8 Å². The lowest BCUT2D eigenvalue weighted by Gasteiger charge is -2.26. The summed E-state index contributed by atoms with van der Waals surface area (Å²) in [6, 6.07) is 12.5. The maximum Gasteiger partial charge on any atom is 0.243 e. The van der Waals surface area contributed by atoms with Crippen LogP contribution in [-0.4, -0.2) is 44.9 Å². The molecule has 1 aliphatic heterocycles. The lowest BCUT2D eigenvalue weighted by Crippen LogP contribution is -2.35. The average molecular weight is 487 g/mol. The lowest BCUT2D eigenvalue weighted by molar-refractivity contribution is -0.116. The average Bonchev–Trinajstić information content (AvgIpc) is 3.36. The number of amides is 1. The van der Waals surface area contributed by atoms with Crippen molar-refractivity contribution in [3.8, 4) is 11.5 Å². The molecular weight excluding hydrogens is 452 g/mol. The molecule has 1 saturated heterocycles. The highest BCUT2D eigenvalue weighted by Gasteiger charge is 2.27. The van der Waals surface area contributed by atoms with Gasteiger partial charge in [0.15, 0.2) is 0 Å². The number of rotatable bonds is 9. The van der Waals surface area contributed by atoms with E-state index in [1.807, 2.05) is 24.3 Å². The zero-order chi connectivity index (χ0) is 24.0. The minimum absolute atomic E-state index is 0.169. The number of sulfonamides is 1. The van der Waals surface area contributed by atoms with Gasteiger partial charge in [0.1, 0.15) is 11.5 Å². The fourth-order valence-corrected chi connectivity index (χ4v) is 6.19. The Morgan fingerprint density at radius 3 is 2.53 bits per heavy atom. The van der Waals surface area contributed by atoms with E-state index >= 15 is 0 Å². The maximum atomic E-state index is 13.1. The highest BCUT2D eigenvalue weighted by atomic mass is 32.2. The topological polar surface area (TPSA) is 84.9 Å². The van der Waals surface area contributed by atoms with Gasteiger partial charge in [-0.15, -0.1) is 0 Å². The van der Waals surface area contributed by atoms with Crippen LogP contribution in [0.4, 0.5) is 5.69 Å². The van der Waals surface area contributed by atoms with Crippen molar-refractivity contribution in [3.05, 3.63) is 48.0 Å². The molecule has 0 atom stereocenters. The van der Waals surface area contributed by atoms with Crippen molar-refractivity contribution in [2.24, 2.45) is 0 Å². The molecule has 0 spiro atoms. The van der Waals surface area contributed by atoms with E-state index in [1.165, 1.54) is 36.4 Å². The van der Waals surface area contributed by atoms with Crippen LogP contribution >= 0.6 is 0 Å². The van der Waals surface area contributed by atoms with Crippen LogP contribution in [0.2, 0.25) is 0 Å². The van der Waals surface area contributed by atoms with Gasteiger partial charge in [0, 0.05) is 19.5 Å². The summed E-state index contributed by atoms with van der Waals surface area (Å²) in [6.07, 6.45) is 8.52. The number of ether oxygens (including phenoxy) is 2. The van der Waals surface area contributed by atoms with Crippen molar-refractivity contribution in [3.63, 3.8) is 0 Å². The number of nitrogens with zero attached hydrogens (tertiary/aromatic N) is 1. The standard InChI is InChI=1S/C26H34N2O5S/c1-32-25-14-13-23(34(30,31)28-16-5-2-6-17-28)19-24(25)27-26(29)15-12-20-8-7-11-22(18-20)33-21-9-3-4-10-21/h7-8,11,13-14,18-19,21H,2-6,9-10,12,15-17H2,1H3,(H,27,29). The molecule has 184 valence electrons. The molecule has 0 bridgehead atoms. The Morgan fingerprint density at radius 1 is 1.03 bits per heavy atom. The number of aryl methyl sites for hydroxylation is 1. The number of carbonyl (C=O) groups excluding carboxylic acids is 1. The largest absolute Gasteiger partial charge is 0.495 e. The van der Waals surface area contributed by atoms with Gasteiger partial charge in [-0.2, -0.15) is 4.31 Å². The van der Waals surface area contributed by atoms with E-state index in [9.17, 15) is 13.2 Å². The van der Waals surface area contributed by atoms with Crippen LogP contribution < -0.4 is 14.8 Å². The second-order valence-electron chi connectivity index (χ2n) is 9.05. The van der Waals surface area contributed by atoms with Gasteiger partial charge in [0.2, 0.25) is 15.9 Å². The summed E-state index contributed by atoms with van der Waals surface area (Å²) < 4.78 is 39.0. The van der Waals surface area contributed by atoms with Gasteiger partial charge in [-0.3, -0.25) is 4.79 Å². The van der Waals surface area contributed by atoms with Gasteiger partial charge >= 0.3 is 0 Å². The molecule has 8 heteroatoms. The Labute approximate surface area is 202 Å². The number of nitrogens with one attached hydrogen (secondary N) is 1. The Kier molecular flexibility index (Phi) is 8.11. The molecule has 0 unspecified atom stereocenters. The van der Waals surface area contributed by atoms with E-state index in [2.05, 4.69) is 5.32 Å². The molecule has 1 amide bonds. The zero-order valence-electron chi connectivity index (χ0n) is 19.8. The molecule has 1 aliphatic carbocycles. The van der Waals surface area contributed by atoms with Crippen molar-refractivity contribution >= 4 is 21.6 Å². The Bertz CT molecular complexity index is 1090. The summed E-state index contributed by atoms with van der Waals surface area (Å²) >= 11 is 0. The molecule has 1 heterocycles. The summed E-state index contributed by atoms with van der Waals surface area (Å²) in [5.74, 6) is 1.08. The maximum absolute atomic E-state index is 13.1. The van der Waals surface area contributed by atoms with Crippen LogP contribution in [0, 0.1) is 0 Å². The molecule has 7 nitrogen and oxygen atoms in total. The Balaban J connectivity index is 1.40. The van der Waals surface area contributed by atoms with E-state index in [0.29, 0.717) is 37.1 Å². The molecule has 34 heavy (non-hydrogen) atoms. The van der Waals surface area contributed by atoms with Crippen LogP contribution in [0.3, 0.4) is 0 Å². The summed E-state index contributed by atoms with van der Waals surface area (Å²) in [5.41, 5.74) is 1.39. The predicted octanol–water partition coefficient (Wildman–Crippen LogP) is 4.76. The second-order valence-corrected chi connectivity index (χ2v) is 11.0. The fraction of sp³-hybridized carbons (Fsp3) is 0.500. The molecule has 0 radical (unpaired) electrons. The van der Waals surface area contributed by atoms with Crippen LogP contribution in [0.15, 0.2) is 47.4 Å². The van der Waals surface area contributed by atoms with Crippen LogP contribution in [-0.2, 0) is 21.2 Å². The molecule has 2 aliphatic rings. The smallest absolute Gasteiger partial charge is 0.243 e. The van der Waals surface area contributed by atoms with Crippen LogP contribution in [0.5, 0.6) is 11.5 Å². The number of anilines is 1. The first-order chi connectivity index (χ1) is 16.5. The number of hydrogen-bond donors (Lipinski definition) is 1. The third-order valence-electron chi connectivity index (χ3n) is 6.54. The summed E-state index contributed by atoms with van der Waals surface area (Å²) in [5, 5.41) is 2.84. The first-order valence-electron chi connectivity index (χ1n) is 12.2. The molecule has 0 aromatic heterocycles. The SMILES string of the molecule is COc1ccc(S(=O)(=O)N2CCCCC2)cc1NC(=O)CCc1cccc(OC2CCCC2)c1. The number of hydrogen-bond acceptors (Lipinski definition) is 5. The minimum atomic E-state index is -3.60. The van der Waals surface area contributed by atoms with Crippen molar-refractivity contribution < 1.29 is 22.7 Å².